The molecule has 0 amide bonds. The van der Waals surface area contributed by atoms with Gasteiger partial charge in [0.25, 0.3) is 0 Å². The van der Waals surface area contributed by atoms with E-state index in [1.807, 2.05) is 30.3 Å². The van der Waals surface area contributed by atoms with Crippen LogP contribution in [0.1, 0.15) is 17.1 Å². The van der Waals surface area contributed by atoms with E-state index in [1.165, 1.54) is 6.07 Å². The molecule has 0 aliphatic rings. The second kappa shape index (κ2) is 14.6. The first-order valence-electron chi connectivity index (χ1n) is 7.91. The summed E-state index contributed by atoms with van der Waals surface area (Å²) in [7, 11) is 0. The molecule has 0 aliphatic carbocycles. The Kier molecular flexibility index (Phi) is 13.9. The van der Waals surface area contributed by atoms with E-state index in [-0.39, 0.29) is 70.4 Å². The molecule has 0 spiro atoms. The van der Waals surface area contributed by atoms with E-state index in [0.29, 0.717) is 24.6 Å². The van der Waals surface area contributed by atoms with Gasteiger partial charge in [-0.3, -0.25) is 9.59 Å². The zero-order valence-corrected chi connectivity index (χ0v) is 20.1. The minimum atomic E-state index is -0.470. The second-order valence-electron chi connectivity index (χ2n) is 5.41. The number of nitrogens with one attached hydrogen (secondary N) is 1. The van der Waals surface area contributed by atoms with Gasteiger partial charge in [-0.05, 0) is 5.56 Å². The van der Waals surface area contributed by atoms with Crippen LogP contribution in [-0.2, 0) is 19.0 Å². The van der Waals surface area contributed by atoms with Crippen molar-refractivity contribution in [3.05, 3.63) is 99.9 Å². The molecule has 2 aromatic heterocycles. The van der Waals surface area contributed by atoms with Gasteiger partial charge in [-0.25, -0.2) is 0 Å². The van der Waals surface area contributed by atoms with E-state index < -0.39 is 16.6 Å². The van der Waals surface area contributed by atoms with Gasteiger partial charge in [0.05, 0.1) is 12.4 Å². The monoisotopic (exact) mass is 445 g/mol. The number of aromatic hydroxyl groups is 2. The summed E-state index contributed by atoms with van der Waals surface area (Å²) >= 11 is 5.34. The normalized spacial score (nSPS) is 9.41. The molecule has 0 unspecified atom stereocenters. The van der Waals surface area contributed by atoms with Crippen molar-refractivity contribution in [2.75, 3.05) is 0 Å². The van der Waals surface area contributed by atoms with E-state index in [9.17, 15) is 9.59 Å². The van der Waals surface area contributed by atoms with Crippen molar-refractivity contribution in [1.82, 2.24) is 5.32 Å². The molecule has 0 saturated carbocycles. The fourth-order valence-corrected chi connectivity index (χ4v) is 2.12. The molecule has 2 heterocycles. The number of benzene rings is 1. The summed E-state index contributed by atoms with van der Waals surface area (Å²) in [5.74, 6) is 0.231. The third-order valence-corrected chi connectivity index (χ3v) is 3.60. The van der Waals surface area contributed by atoms with Crippen molar-refractivity contribution >= 4 is 11.6 Å². The summed E-state index contributed by atoms with van der Waals surface area (Å²) in [5.41, 5.74) is 0.267. The van der Waals surface area contributed by atoms with Crippen molar-refractivity contribution in [2.45, 2.75) is 19.0 Å². The van der Waals surface area contributed by atoms with Gasteiger partial charge in [-0.1, -0.05) is 30.3 Å². The maximum absolute atomic E-state index is 11.1. The molecule has 0 radical (unpaired) electrons. The summed E-state index contributed by atoms with van der Waals surface area (Å²) in [6.07, 6.45) is 2.03. The minimum absolute atomic E-state index is 0. The molecule has 9 heteroatoms. The first kappa shape index (κ1) is 27.6. The topological polar surface area (TPSA) is 113 Å². The predicted molar refractivity (Wildman–Crippen MR) is 106 cm³/mol. The fraction of sp³-hybridized carbons (Fsp3) is 0.150. The van der Waals surface area contributed by atoms with Crippen LogP contribution in [0.5, 0.6) is 11.5 Å². The zero-order valence-electron chi connectivity index (χ0n) is 16.2. The molecule has 3 aromatic rings. The Morgan fingerprint density at radius 3 is 1.90 bits per heavy atom. The average molecular weight is 446 g/mol. The van der Waals surface area contributed by atoms with E-state index in [4.69, 9.17) is 30.6 Å². The van der Waals surface area contributed by atoms with Gasteiger partial charge in [0.15, 0.2) is 11.5 Å². The summed E-state index contributed by atoms with van der Waals surface area (Å²) in [5, 5.41) is 20.9. The van der Waals surface area contributed by atoms with Crippen LogP contribution in [-0.4, -0.2) is 10.2 Å². The molecule has 0 atom stereocenters. The summed E-state index contributed by atoms with van der Waals surface area (Å²) in [6.45, 7) is 1.15. The number of alkyl halides is 1. The van der Waals surface area contributed by atoms with Gasteiger partial charge in [0, 0.05) is 18.7 Å². The van der Waals surface area contributed by atoms with Gasteiger partial charge in [0.1, 0.15) is 24.0 Å². The molecule has 7 nitrogen and oxygen atoms in total. The van der Waals surface area contributed by atoms with Crippen molar-refractivity contribution in [3.8, 4) is 11.5 Å². The summed E-state index contributed by atoms with van der Waals surface area (Å²) in [6, 6.07) is 12.4. The van der Waals surface area contributed by atoms with Crippen LogP contribution in [0.4, 0.5) is 0 Å². The Morgan fingerprint density at radius 2 is 1.38 bits per heavy atom. The molecule has 29 heavy (non-hydrogen) atoms. The summed E-state index contributed by atoms with van der Waals surface area (Å²) in [4.78, 5) is 21.8. The van der Waals surface area contributed by atoms with E-state index in [2.05, 4.69) is 5.32 Å². The Morgan fingerprint density at radius 1 is 0.862 bits per heavy atom. The molecule has 1 aromatic carbocycles. The first-order valence-corrected chi connectivity index (χ1v) is 8.45. The molecule has 150 valence electrons. The third kappa shape index (κ3) is 9.77. The number of hydrogen-bond acceptors (Lipinski definition) is 7. The minimum Gasteiger partial charge on any atom is -0.502 e. The fourth-order valence-electron chi connectivity index (χ4n) is 1.98. The van der Waals surface area contributed by atoms with Crippen LogP contribution in [0, 0.1) is 7.43 Å². The first-order chi connectivity index (χ1) is 13.0. The van der Waals surface area contributed by atoms with Gasteiger partial charge >= 0.3 is 51.4 Å². The number of rotatable bonds is 5. The Labute approximate surface area is 215 Å². The largest absolute Gasteiger partial charge is 1.00 e. The predicted octanol–water partition coefficient (Wildman–Crippen LogP) is 0.174. The maximum atomic E-state index is 11.1. The van der Waals surface area contributed by atoms with E-state index in [1.54, 1.807) is 0 Å². The molecule has 3 rings (SSSR count). The standard InChI is InChI=1S/C13H13NO3.C6H5ClO3.CH3.K/c15-12-6-11(17-9-13(12)16)8-14-7-10-4-2-1-3-5-10;7-2-4-1-5(8)6(9)3-10-4;;/h1-6,9,14,16H,7-8H2;1,3,9H,2H2;1H3;/q;;-1;+1. The van der Waals surface area contributed by atoms with E-state index >= 15 is 0 Å². The zero-order chi connectivity index (χ0) is 19.6. The van der Waals surface area contributed by atoms with Gasteiger partial charge < -0.3 is 31.8 Å². The Balaban J connectivity index is 0.000000567. The van der Waals surface area contributed by atoms with Gasteiger partial charge in [0.2, 0.25) is 10.9 Å². The maximum Gasteiger partial charge on any atom is 1.00 e. The Bertz CT molecular complexity index is 974. The van der Waals surface area contributed by atoms with Gasteiger partial charge in [-0.2, -0.15) is 0 Å². The smallest absolute Gasteiger partial charge is 0.502 e. The van der Waals surface area contributed by atoms with Crippen LogP contribution in [0.25, 0.3) is 0 Å². The van der Waals surface area contributed by atoms with Crippen LogP contribution < -0.4 is 67.6 Å². The van der Waals surface area contributed by atoms with Crippen LogP contribution >= 0.6 is 11.6 Å². The summed E-state index contributed by atoms with van der Waals surface area (Å²) < 4.78 is 9.77. The quantitative estimate of drug-likeness (QED) is 0.291. The molecular weight excluding hydrogens is 425 g/mol. The molecule has 0 saturated heterocycles. The van der Waals surface area contributed by atoms with Crippen molar-refractivity contribution in [3.63, 3.8) is 0 Å². The average Bonchev–Trinajstić information content (AvgIpc) is 2.68. The number of halogens is 1. The molecule has 0 bridgehead atoms. The molecule has 0 fully saturated rings. The van der Waals surface area contributed by atoms with Crippen molar-refractivity contribution in [1.29, 1.82) is 0 Å². The van der Waals surface area contributed by atoms with Crippen LogP contribution in [0.15, 0.2) is 73.4 Å². The van der Waals surface area contributed by atoms with Crippen molar-refractivity contribution in [2.24, 2.45) is 0 Å². The van der Waals surface area contributed by atoms with Crippen molar-refractivity contribution < 1.29 is 70.4 Å². The second-order valence-corrected chi connectivity index (χ2v) is 5.68. The van der Waals surface area contributed by atoms with Crippen LogP contribution in [0.2, 0.25) is 0 Å². The SMILES string of the molecule is O=c1cc(CCl)occ1O.O=c1cc(CNCc2ccccc2)occ1O.[CH3-].[K+]. The van der Waals surface area contributed by atoms with E-state index in [0.717, 1.165) is 24.2 Å². The number of hydrogen-bond donors (Lipinski definition) is 3. The molecule has 3 N–H and O–H groups in total. The Hall–Kier alpha value is -1.39. The van der Waals surface area contributed by atoms with Crippen LogP contribution in [0.3, 0.4) is 0 Å². The van der Waals surface area contributed by atoms with Gasteiger partial charge in [-0.15, -0.1) is 11.6 Å². The molecule has 0 aliphatic heterocycles. The third-order valence-electron chi connectivity index (χ3n) is 3.34. The molecular formula is C20H21ClKNO6.